The minimum Gasteiger partial charge on any atom is -0.366 e. The molecule has 144 valence electrons. The lowest BCUT2D eigenvalue weighted by atomic mass is 10.0. The van der Waals surface area contributed by atoms with Gasteiger partial charge in [-0.2, -0.15) is 5.26 Å². The molecular weight excluding hydrogens is 386 g/mol. The second-order valence-electron chi connectivity index (χ2n) is 6.12. The molecular formula is C21H17N5O2S. The number of amides is 2. The third kappa shape index (κ3) is 4.97. The fraction of sp³-hybridized carbons (Fsp3) is 0.0952. The van der Waals surface area contributed by atoms with Gasteiger partial charge in [0, 0.05) is 40.5 Å². The van der Waals surface area contributed by atoms with Crippen LogP contribution < -0.4 is 11.1 Å². The number of thioether (sulfide) groups is 1. The summed E-state index contributed by atoms with van der Waals surface area (Å²) in [5.41, 5.74) is 8.82. The molecule has 0 atom stereocenters. The lowest BCUT2D eigenvalue weighted by Gasteiger charge is -2.10. The van der Waals surface area contributed by atoms with Crippen LogP contribution in [-0.4, -0.2) is 27.5 Å². The molecule has 3 N–H and O–H groups in total. The van der Waals surface area contributed by atoms with Crippen LogP contribution in [0.1, 0.15) is 21.6 Å². The monoisotopic (exact) mass is 403 g/mol. The van der Waals surface area contributed by atoms with E-state index in [9.17, 15) is 14.9 Å². The fourth-order valence-electron chi connectivity index (χ4n) is 2.66. The van der Waals surface area contributed by atoms with Gasteiger partial charge in [0.15, 0.2) is 0 Å². The van der Waals surface area contributed by atoms with E-state index >= 15 is 0 Å². The number of nitrogens with two attached hydrogens (primary N) is 1. The van der Waals surface area contributed by atoms with Crippen LogP contribution in [0.4, 0.5) is 5.69 Å². The third-order valence-electron chi connectivity index (χ3n) is 3.99. The van der Waals surface area contributed by atoms with E-state index in [1.165, 1.54) is 11.8 Å². The van der Waals surface area contributed by atoms with E-state index in [1.807, 2.05) is 19.1 Å². The highest BCUT2D eigenvalue weighted by atomic mass is 32.2. The zero-order valence-electron chi connectivity index (χ0n) is 15.5. The van der Waals surface area contributed by atoms with Crippen molar-refractivity contribution in [2.45, 2.75) is 11.9 Å². The van der Waals surface area contributed by atoms with Crippen molar-refractivity contribution in [3.63, 3.8) is 0 Å². The number of hydrogen-bond acceptors (Lipinski definition) is 6. The predicted molar refractivity (Wildman–Crippen MR) is 111 cm³/mol. The Bertz CT molecular complexity index is 1090. The van der Waals surface area contributed by atoms with Gasteiger partial charge < -0.3 is 11.1 Å². The number of rotatable bonds is 6. The maximum Gasteiger partial charge on any atom is 0.248 e. The molecule has 7 nitrogen and oxygen atoms in total. The first kappa shape index (κ1) is 20.0. The molecule has 0 bridgehead atoms. The van der Waals surface area contributed by atoms with Gasteiger partial charge in [-0.05, 0) is 43.3 Å². The van der Waals surface area contributed by atoms with E-state index in [0.29, 0.717) is 21.8 Å². The molecule has 0 spiro atoms. The van der Waals surface area contributed by atoms with Crippen LogP contribution in [0.5, 0.6) is 0 Å². The van der Waals surface area contributed by atoms with Crippen LogP contribution in [0.25, 0.3) is 11.1 Å². The number of nitrogens with zero attached hydrogens (tertiary/aromatic N) is 3. The molecule has 2 heterocycles. The number of primary amides is 1. The quantitative estimate of drug-likeness (QED) is 0.610. The van der Waals surface area contributed by atoms with Crippen molar-refractivity contribution in [2.75, 3.05) is 11.1 Å². The minimum absolute atomic E-state index is 0.0786. The molecule has 0 unspecified atom stereocenters. The number of carbonyl (C=O) groups excluding carboxylic acids is 2. The lowest BCUT2D eigenvalue weighted by molar-refractivity contribution is -0.113. The van der Waals surface area contributed by atoms with Crippen LogP contribution in [-0.2, 0) is 4.79 Å². The summed E-state index contributed by atoms with van der Waals surface area (Å²) >= 11 is 1.19. The zero-order valence-corrected chi connectivity index (χ0v) is 16.4. The van der Waals surface area contributed by atoms with E-state index in [0.717, 1.165) is 16.8 Å². The number of nitrogens with one attached hydrogen (secondary N) is 1. The Balaban J connectivity index is 1.75. The van der Waals surface area contributed by atoms with Gasteiger partial charge in [-0.25, -0.2) is 4.98 Å². The summed E-state index contributed by atoms with van der Waals surface area (Å²) in [7, 11) is 0. The van der Waals surface area contributed by atoms with Gasteiger partial charge in [-0.15, -0.1) is 0 Å². The minimum atomic E-state index is -0.530. The Kier molecular flexibility index (Phi) is 6.22. The first-order chi connectivity index (χ1) is 14.0. The van der Waals surface area contributed by atoms with Gasteiger partial charge in [0.1, 0.15) is 11.1 Å². The standard InChI is InChI=1S/C21H17N5O2S/c1-13-9-17(15-3-2-8-24-11-15)18(10-22)21(25-13)29-12-19(27)26-16-6-4-14(5-7-16)20(23)28/h2-9,11H,12H2,1H3,(H2,23,28)(H,26,27). The van der Waals surface area contributed by atoms with Gasteiger partial charge in [0.25, 0.3) is 0 Å². The Morgan fingerprint density at radius 2 is 2.00 bits per heavy atom. The summed E-state index contributed by atoms with van der Waals surface area (Å²) in [6, 6.07) is 14.0. The number of anilines is 1. The number of aromatic nitrogens is 2. The average molecular weight is 403 g/mol. The molecule has 2 aromatic heterocycles. The van der Waals surface area contributed by atoms with E-state index in [2.05, 4.69) is 21.4 Å². The van der Waals surface area contributed by atoms with E-state index in [4.69, 9.17) is 5.73 Å². The lowest BCUT2D eigenvalue weighted by Crippen LogP contribution is -2.15. The summed E-state index contributed by atoms with van der Waals surface area (Å²) in [5, 5.41) is 12.9. The number of benzene rings is 1. The number of aryl methyl sites for hydroxylation is 1. The molecule has 8 heteroatoms. The Hall–Kier alpha value is -3.70. The van der Waals surface area contributed by atoms with Crippen LogP contribution in [0.3, 0.4) is 0 Å². The first-order valence-electron chi connectivity index (χ1n) is 8.62. The number of nitriles is 1. The van der Waals surface area contributed by atoms with Gasteiger partial charge in [-0.1, -0.05) is 17.8 Å². The van der Waals surface area contributed by atoms with Crippen molar-refractivity contribution in [2.24, 2.45) is 5.73 Å². The molecule has 0 aliphatic carbocycles. The smallest absolute Gasteiger partial charge is 0.248 e. The Labute approximate surface area is 172 Å². The van der Waals surface area contributed by atoms with Crippen LogP contribution in [0, 0.1) is 18.3 Å². The maximum atomic E-state index is 12.3. The van der Waals surface area contributed by atoms with Gasteiger partial charge in [0.05, 0.1) is 11.3 Å². The SMILES string of the molecule is Cc1cc(-c2cccnc2)c(C#N)c(SCC(=O)Nc2ccc(C(N)=O)cc2)n1. The molecule has 0 saturated carbocycles. The largest absolute Gasteiger partial charge is 0.366 e. The summed E-state index contributed by atoms with van der Waals surface area (Å²) in [4.78, 5) is 31.9. The Morgan fingerprint density at radius 1 is 1.24 bits per heavy atom. The molecule has 0 aliphatic rings. The molecule has 0 radical (unpaired) electrons. The van der Waals surface area contributed by atoms with E-state index in [1.54, 1.807) is 42.7 Å². The molecule has 1 aromatic carbocycles. The highest BCUT2D eigenvalue weighted by Crippen LogP contribution is 2.30. The van der Waals surface area contributed by atoms with Crippen molar-refractivity contribution >= 4 is 29.3 Å². The van der Waals surface area contributed by atoms with Crippen molar-refractivity contribution in [3.8, 4) is 17.2 Å². The van der Waals surface area contributed by atoms with E-state index in [-0.39, 0.29) is 11.7 Å². The number of pyridine rings is 2. The second kappa shape index (κ2) is 8.99. The van der Waals surface area contributed by atoms with Crippen molar-refractivity contribution in [3.05, 3.63) is 71.7 Å². The molecule has 2 amide bonds. The predicted octanol–water partition coefficient (Wildman–Crippen LogP) is 3.15. The number of carbonyl (C=O) groups is 2. The second-order valence-corrected chi connectivity index (χ2v) is 7.09. The summed E-state index contributed by atoms with van der Waals surface area (Å²) in [6.45, 7) is 1.84. The molecule has 0 saturated heterocycles. The maximum absolute atomic E-state index is 12.3. The van der Waals surface area contributed by atoms with Gasteiger partial charge >= 0.3 is 0 Å². The molecule has 0 fully saturated rings. The highest BCUT2D eigenvalue weighted by molar-refractivity contribution is 8.00. The van der Waals surface area contributed by atoms with E-state index < -0.39 is 5.91 Å². The van der Waals surface area contributed by atoms with Gasteiger partial charge in [-0.3, -0.25) is 14.6 Å². The summed E-state index contributed by atoms with van der Waals surface area (Å²) in [5.74, 6) is -0.704. The number of hydrogen-bond donors (Lipinski definition) is 2. The normalized spacial score (nSPS) is 10.2. The third-order valence-corrected chi connectivity index (χ3v) is 4.97. The topological polar surface area (TPSA) is 122 Å². The van der Waals surface area contributed by atoms with Crippen LogP contribution in [0.2, 0.25) is 0 Å². The van der Waals surface area contributed by atoms with Crippen molar-refractivity contribution in [1.29, 1.82) is 5.26 Å². The fourth-order valence-corrected chi connectivity index (χ4v) is 3.50. The van der Waals surface area contributed by atoms with Crippen molar-refractivity contribution < 1.29 is 9.59 Å². The average Bonchev–Trinajstić information content (AvgIpc) is 2.73. The zero-order chi connectivity index (χ0) is 20.8. The highest BCUT2D eigenvalue weighted by Gasteiger charge is 2.15. The molecule has 0 aliphatic heterocycles. The molecule has 29 heavy (non-hydrogen) atoms. The van der Waals surface area contributed by atoms with Crippen molar-refractivity contribution in [1.82, 2.24) is 9.97 Å². The molecule has 3 rings (SSSR count). The summed E-state index contributed by atoms with van der Waals surface area (Å²) < 4.78 is 0. The van der Waals surface area contributed by atoms with Gasteiger partial charge in [0.2, 0.25) is 11.8 Å². The summed E-state index contributed by atoms with van der Waals surface area (Å²) in [6.07, 6.45) is 3.35. The van der Waals surface area contributed by atoms with Crippen LogP contribution >= 0.6 is 11.8 Å². The first-order valence-corrected chi connectivity index (χ1v) is 9.61. The van der Waals surface area contributed by atoms with Crippen LogP contribution in [0.15, 0.2) is 59.9 Å². The Morgan fingerprint density at radius 3 is 2.62 bits per heavy atom. The molecule has 3 aromatic rings.